The lowest BCUT2D eigenvalue weighted by Gasteiger charge is -2.15. The third kappa shape index (κ3) is 2.04. The van der Waals surface area contributed by atoms with Crippen molar-refractivity contribution in [3.63, 3.8) is 0 Å². The van der Waals surface area contributed by atoms with Crippen LogP contribution < -0.4 is 16.0 Å². The molecule has 0 spiro atoms. The van der Waals surface area contributed by atoms with E-state index in [2.05, 4.69) is 16.0 Å². The Bertz CT molecular complexity index is 248. The molecule has 0 aliphatic carbocycles. The Labute approximate surface area is 82.6 Å². The Morgan fingerprint density at radius 1 is 1.43 bits per heavy atom. The summed E-state index contributed by atoms with van der Waals surface area (Å²) in [5, 5.41) is 8.76. The molecular weight excluding hydrogens is 182 g/mol. The van der Waals surface area contributed by atoms with Crippen LogP contribution in [0.2, 0.25) is 0 Å². The van der Waals surface area contributed by atoms with Gasteiger partial charge in [-0.3, -0.25) is 9.59 Å². The molecule has 2 heterocycles. The van der Waals surface area contributed by atoms with Crippen molar-refractivity contribution in [3.05, 3.63) is 0 Å². The molecule has 2 atom stereocenters. The summed E-state index contributed by atoms with van der Waals surface area (Å²) < 4.78 is 0. The van der Waals surface area contributed by atoms with Crippen molar-refractivity contribution in [1.82, 2.24) is 16.0 Å². The third-order valence-electron chi connectivity index (χ3n) is 2.72. The van der Waals surface area contributed by atoms with Crippen molar-refractivity contribution in [3.8, 4) is 0 Å². The lowest BCUT2D eigenvalue weighted by atomic mass is 10.2. The van der Waals surface area contributed by atoms with Crippen LogP contribution in [0.15, 0.2) is 0 Å². The molecule has 0 saturated carbocycles. The van der Waals surface area contributed by atoms with Crippen LogP contribution in [0.4, 0.5) is 0 Å². The first-order valence-corrected chi connectivity index (χ1v) is 5.06. The molecule has 0 unspecified atom stereocenters. The Balaban J connectivity index is 1.80. The molecule has 0 aromatic rings. The van der Waals surface area contributed by atoms with Crippen molar-refractivity contribution >= 4 is 11.8 Å². The second kappa shape index (κ2) is 3.96. The van der Waals surface area contributed by atoms with Gasteiger partial charge in [-0.2, -0.15) is 0 Å². The molecule has 2 saturated heterocycles. The largest absolute Gasteiger partial charge is 0.350 e. The minimum atomic E-state index is -0.303. The Morgan fingerprint density at radius 2 is 2.29 bits per heavy atom. The van der Waals surface area contributed by atoms with Gasteiger partial charge in [-0.05, 0) is 19.4 Å². The minimum Gasteiger partial charge on any atom is -0.350 e. The molecule has 2 rings (SSSR count). The molecule has 5 heteroatoms. The fraction of sp³-hybridized carbons (Fsp3) is 0.778. The molecule has 78 valence electrons. The lowest BCUT2D eigenvalue weighted by molar-refractivity contribution is -0.126. The van der Waals surface area contributed by atoms with Crippen molar-refractivity contribution in [2.75, 3.05) is 13.1 Å². The van der Waals surface area contributed by atoms with Gasteiger partial charge in [0.15, 0.2) is 0 Å². The van der Waals surface area contributed by atoms with Crippen molar-refractivity contribution in [2.24, 2.45) is 0 Å². The lowest BCUT2D eigenvalue weighted by Crippen LogP contribution is -2.46. The highest BCUT2D eigenvalue weighted by Crippen LogP contribution is 2.07. The summed E-state index contributed by atoms with van der Waals surface area (Å²) in [6.45, 7) is 1.80. The molecule has 2 fully saturated rings. The van der Waals surface area contributed by atoms with Gasteiger partial charge in [-0.25, -0.2) is 0 Å². The van der Waals surface area contributed by atoms with Gasteiger partial charge in [0, 0.05) is 19.0 Å². The number of hydrogen-bond acceptors (Lipinski definition) is 3. The first-order chi connectivity index (χ1) is 6.75. The minimum absolute atomic E-state index is 0.0188. The molecule has 0 aromatic carbocycles. The van der Waals surface area contributed by atoms with E-state index in [9.17, 15) is 9.59 Å². The van der Waals surface area contributed by atoms with E-state index in [1.54, 1.807) is 0 Å². The van der Waals surface area contributed by atoms with Gasteiger partial charge >= 0.3 is 0 Å². The highest BCUT2D eigenvalue weighted by molar-refractivity contribution is 5.90. The first kappa shape index (κ1) is 9.45. The number of hydrogen-bond donors (Lipinski definition) is 3. The molecule has 5 nitrogen and oxygen atoms in total. The van der Waals surface area contributed by atoms with E-state index < -0.39 is 0 Å². The van der Waals surface area contributed by atoms with Gasteiger partial charge in [-0.1, -0.05) is 0 Å². The summed E-state index contributed by atoms with van der Waals surface area (Å²) in [5.41, 5.74) is 0. The predicted molar refractivity (Wildman–Crippen MR) is 50.6 cm³/mol. The number of carbonyl (C=O) groups is 2. The number of rotatable bonds is 2. The van der Waals surface area contributed by atoms with E-state index in [1.165, 1.54) is 0 Å². The van der Waals surface area contributed by atoms with Crippen LogP contribution in [0, 0.1) is 0 Å². The van der Waals surface area contributed by atoms with E-state index in [1.807, 2.05) is 0 Å². The van der Waals surface area contributed by atoms with Crippen LogP contribution in [0.1, 0.15) is 19.3 Å². The van der Waals surface area contributed by atoms with Gasteiger partial charge < -0.3 is 16.0 Å². The summed E-state index contributed by atoms with van der Waals surface area (Å²) in [5.74, 6) is -0.0563. The van der Waals surface area contributed by atoms with E-state index in [4.69, 9.17) is 0 Å². The van der Waals surface area contributed by atoms with E-state index in [-0.39, 0.29) is 23.9 Å². The topological polar surface area (TPSA) is 70.2 Å². The smallest absolute Gasteiger partial charge is 0.242 e. The molecule has 2 aliphatic heterocycles. The van der Waals surface area contributed by atoms with Crippen LogP contribution in [0.5, 0.6) is 0 Å². The van der Waals surface area contributed by atoms with Crippen LogP contribution in [0.25, 0.3) is 0 Å². The zero-order valence-corrected chi connectivity index (χ0v) is 8.01. The van der Waals surface area contributed by atoms with Gasteiger partial charge in [0.2, 0.25) is 11.8 Å². The third-order valence-corrected chi connectivity index (χ3v) is 2.72. The zero-order chi connectivity index (χ0) is 9.97. The number of nitrogens with one attached hydrogen (secondary N) is 3. The van der Waals surface area contributed by atoms with E-state index in [0.717, 1.165) is 19.5 Å². The molecule has 0 bridgehead atoms. The van der Waals surface area contributed by atoms with Gasteiger partial charge in [0.1, 0.15) is 6.04 Å². The number of carbonyl (C=O) groups excluding carboxylic acids is 2. The molecule has 3 N–H and O–H groups in total. The fourth-order valence-corrected chi connectivity index (χ4v) is 1.89. The highest BCUT2D eigenvalue weighted by Gasteiger charge is 2.28. The summed E-state index contributed by atoms with van der Waals surface area (Å²) in [7, 11) is 0. The molecular formula is C9H15N3O2. The van der Waals surface area contributed by atoms with E-state index in [0.29, 0.717) is 12.8 Å². The van der Waals surface area contributed by atoms with Crippen LogP contribution in [0.3, 0.4) is 0 Å². The predicted octanol–water partition coefficient (Wildman–Crippen LogP) is -1.26. The normalized spacial score (nSPS) is 31.6. The average molecular weight is 197 g/mol. The van der Waals surface area contributed by atoms with Gasteiger partial charge in [-0.15, -0.1) is 0 Å². The van der Waals surface area contributed by atoms with E-state index >= 15 is 0 Å². The fourth-order valence-electron chi connectivity index (χ4n) is 1.89. The zero-order valence-electron chi connectivity index (χ0n) is 8.01. The molecule has 0 aromatic heterocycles. The van der Waals surface area contributed by atoms with Crippen LogP contribution >= 0.6 is 0 Å². The molecule has 2 amide bonds. The Kier molecular flexibility index (Phi) is 2.67. The monoisotopic (exact) mass is 197 g/mol. The standard InChI is InChI=1S/C9H15N3O2/c13-8-2-1-7(12-8)9(14)11-6-3-4-10-5-6/h6-7,10H,1-5H2,(H,11,14)(H,12,13)/t6-,7+/m0/s1. The van der Waals surface area contributed by atoms with Crippen LogP contribution in [-0.4, -0.2) is 37.0 Å². The second-order valence-corrected chi connectivity index (χ2v) is 3.86. The number of amides is 2. The quantitative estimate of drug-likeness (QED) is 0.517. The SMILES string of the molecule is O=C1CC[C@H](C(=O)N[C@H]2CCNC2)N1. The maximum Gasteiger partial charge on any atom is 0.242 e. The average Bonchev–Trinajstić information content (AvgIpc) is 2.75. The Morgan fingerprint density at radius 3 is 2.86 bits per heavy atom. The molecule has 2 aliphatic rings. The van der Waals surface area contributed by atoms with Crippen molar-refractivity contribution < 1.29 is 9.59 Å². The Hall–Kier alpha value is -1.10. The molecule has 0 radical (unpaired) electrons. The van der Waals surface area contributed by atoms with Gasteiger partial charge in [0.25, 0.3) is 0 Å². The summed E-state index contributed by atoms with van der Waals surface area (Å²) >= 11 is 0. The molecule has 14 heavy (non-hydrogen) atoms. The van der Waals surface area contributed by atoms with Gasteiger partial charge in [0.05, 0.1) is 0 Å². The summed E-state index contributed by atoms with van der Waals surface area (Å²) in [6.07, 6.45) is 2.08. The second-order valence-electron chi connectivity index (χ2n) is 3.86. The van der Waals surface area contributed by atoms with Crippen molar-refractivity contribution in [2.45, 2.75) is 31.3 Å². The van der Waals surface area contributed by atoms with Crippen LogP contribution in [-0.2, 0) is 9.59 Å². The van der Waals surface area contributed by atoms with Crippen molar-refractivity contribution in [1.29, 1.82) is 0 Å². The maximum atomic E-state index is 11.6. The highest BCUT2D eigenvalue weighted by atomic mass is 16.2. The summed E-state index contributed by atoms with van der Waals surface area (Å²) in [4.78, 5) is 22.5. The maximum absolute atomic E-state index is 11.6. The summed E-state index contributed by atoms with van der Waals surface area (Å²) in [6, 6.07) is -0.0666. The first-order valence-electron chi connectivity index (χ1n) is 5.06.